The van der Waals surface area contributed by atoms with Gasteiger partial charge in [-0.25, -0.2) is 0 Å². The molecule has 0 fully saturated rings. The first-order chi connectivity index (χ1) is 7.49. The van der Waals surface area contributed by atoms with Crippen LogP contribution in [0.25, 0.3) is 0 Å². The van der Waals surface area contributed by atoms with Crippen molar-refractivity contribution in [2.24, 2.45) is 0 Å². The summed E-state index contributed by atoms with van der Waals surface area (Å²) in [6.45, 7) is 5.41. The predicted octanol–water partition coefficient (Wildman–Crippen LogP) is 3.05. The highest BCUT2D eigenvalue weighted by molar-refractivity contribution is 5.39. The van der Waals surface area contributed by atoms with Gasteiger partial charge in [0.2, 0.25) is 0 Å². The van der Waals surface area contributed by atoms with Crippen LogP contribution < -0.4 is 4.90 Å². The first kappa shape index (κ1) is 12.9. The van der Waals surface area contributed by atoms with Crippen molar-refractivity contribution >= 4 is 5.82 Å². The molecule has 1 rings (SSSR count). The standard InChI is InChI=1S/C10H16F3N3/c1-3-5-16(6-4-2)9-7-8(14-15-9)10(11,12)13/h7H,3-6H2,1-2H3,(H,14,15). The van der Waals surface area contributed by atoms with Crippen LogP contribution in [0.1, 0.15) is 32.4 Å². The Morgan fingerprint density at radius 2 is 1.81 bits per heavy atom. The zero-order valence-electron chi connectivity index (χ0n) is 9.43. The number of hydrogen-bond donors (Lipinski definition) is 1. The fraction of sp³-hybridized carbons (Fsp3) is 0.700. The molecule has 1 aromatic heterocycles. The molecule has 3 nitrogen and oxygen atoms in total. The number of hydrogen-bond acceptors (Lipinski definition) is 2. The lowest BCUT2D eigenvalue weighted by Crippen LogP contribution is -2.25. The molecule has 0 aliphatic heterocycles. The van der Waals surface area contributed by atoms with Crippen LogP contribution in [0.5, 0.6) is 0 Å². The fourth-order valence-electron chi connectivity index (χ4n) is 1.50. The SMILES string of the molecule is CCCN(CCC)c1cc(C(F)(F)F)[nH]n1. The van der Waals surface area contributed by atoms with Crippen LogP contribution in [0.15, 0.2) is 6.07 Å². The van der Waals surface area contributed by atoms with E-state index in [1.165, 1.54) is 0 Å². The maximum absolute atomic E-state index is 12.3. The second kappa shape index (κ2) is 5.23. The van der Waals surface area contributed by atoms with Crippen molar-refractivity contribution in [3.05, 3.63) is 11.8 Å². The van der Waals surface area contributed by atoms with E-state index in [1.807, 2.05) is 23.8 Å². The molecule has 0 aromatic carbocycles. The number of halogens is 3. The Morgan fingerprint density at radius 1 is 1.25 bits per heavy atom. The van der Waals surface area contributed by atoms with Crippen molar-refractivity contribution in [3.8, 4) is 0 Å². The molecule has 1 N–H and O–H groups in total. The number of aromatic nitrogens is 2. The highest BCUT2D eigenvalue weighted by atomic mass is 19.4. The minimum Gasteiger partial charge on any atom is -0.355 e. The summed E-state index contributed by atoms with van der Waals surface area (Å²) in [6.07, 6.45) is -2.59. The van der Waals surface area contributed by atoms with Crippen molar-refractivity contribution in [3.63, 3.8) is 0 Å². The number of aromatic amines is 1. The molecule has 0 atom stereocenters. The monoisotopic (exact) mass is 235 g/mol. The van der Waals surface area contributed by atoms with Crippen LogP contribution in [0.2, 0.25) is 0 Å². The first-order valence-corrected chi connectivity index (χ1v) is 5.36. The molecule has 0 spiro atoms. The lowest BCUT2D eigenvalue weighted by Gasteiger charge is -2.20. The van der Waals surface area contributed by atoms with Gasteiger partial charge in [0, 0.05) is 19.2 Å². The van der Waals surface area contributed by atoms with E-state index in [2.05, 4.69) is 5.10 Å². The molecular weight excluding hydrogens is 219 g/mol. The number of anilines is 1. The van der Waals surface area contributed by atoms with Gasteiger partial charge in [-0.1, -0.05) is 13.8 Å². The summed E-state index contributed by atoms with van der Waals surface area (Å²) >= 11 is 0. The van der Waals surface area contributed by atoms with Crippen LogP contribution in [0.4, 0.5) is 19.0 Å². The Balaban J connectivity index is 2.81. The minimum atomic E-state index is -4.35. The molecule has 0 radical (unpaired) electrons. The first-order valence-electron chi connectivity index (χ1n) is 5.36. The number of nitrogens with zero attached hydrogens (tertiary/aromatic N) is 2. The highest BCUT2D eigenvalue weighted by Gasteiger charge is 2.33. The normalized spacial score (nSPS) is 11.8. The molecule has 16 heavy (non-hydrogen) atoms. The van der Waals surface area contributed by atoms with Gasteiger partial charge in [0.1, 0.15) is 5.69 Å². The topological polar surface area (TPSA) is 31.9 Å². The molecule has 6 heteroatoms. The fourth-order valence-corrected chi connectivity index (χ4v) is 1.50. The second-order valence-electron chi connectivity index (χ2n) is 3.62. The summed E-state index contributed by atoms with van der Waals surface area (Å²) in [5.74, 6) is 0.371. The summed E-state index contributed by atoms with van der Waals surface area (Å²) < 4.78 is 37.0. The summed E-state index contributed by atoms with van der Waals surface area (Å²) in [7, 11) is 0. The Hall–Kier alpha value is -1.20. The average Bonchev–Trinajstić information content (AvgIpc) is 2.65. The molecule has 0 saturated carbocycles. The van der Waals surface area contributed by atoms with E-state index in [0.29, 0.717) is 5.82 Å². The van der Waals surface area contributed by atoms with Gasteiger partial charge in [0.05, 0.1) is 0 Å². The Kier molecular flexibility index (Phi) is 4.20. The van der Waals surface area contributed by atoms with E-state index in [4.69, 9.17) is 0 Å². The third-order valence-electron chi connectivity index (χ3n) is 2.18. The van der Waals surface area contributed by atoms with Crippen molar-refractivity contribution in [2.45, 2.75) is 32.9 Å². The van der Waals surface area contributed by atoms with Gasteiger partial charge in [-0.3, -0.25) is 5.10 Å². The van der Waals surface area contributed by atoms with Gasteiger partial charge >= 0.3 is 6.18 Å². The Bertz CT molecular complexity index is 313. The Morgan fingerprint density at radius 3 is 2.19 bits per heavy atom. The maximum Gasteiger partial charge on any atom is 0.432 e. The summed E-state index contributed by atoms with van der Waals surface area (Å²) in [5.41, 5.74) is -0.792. The molecule has 0 bridgehead atoms. The van der Waals surface area contributed by atoms with Gasteiger partial charge in [0.25, 0.3) is 0 Å². The van der Waals surface area contributed by atoms with Gasteiger partial charge in [-0.15, -0.1) is 0 Å². The quantitative estimate of drug-likeness (QED) is 0.850. The van der Waals surface area contributed by atoms with E-state index >= 15 is 0 Å². The van der Waals surface area contributed by atoms with Gasteiger partial charge in [-0.2, -0.15) is 18.3 Å². The van der Waals surface area contributed by atoms with Crippen LogP contribution >= 0.6 is 0 Å². The van der Waals surface area contributed by atoms with Crippen molar-refractivity contribution in [1.82, 2.24) is 10.2 Å². The molecular formula is C10H16F3N3. The van der Waals surface area contributed by atoms with Crippen LogP contribution in [0.3, 0.4) is 0 Å². The lowest BCUT2D eigenvalue weighted by atomic mass is 10.3. The molecule has 0 unspecified atom stereocenters. The second-order valence-corrected chi connectivity index (χ2v) is 3.62. The third kappa shape index (κ3) is 3.15. The molecule has 1 aromatic rings. The van der Waals surface area contributed by atoms with Gasteiger partial charge in [-0.05, 0) is 12.8 Å². The number of rotatable bonds is 5. The van der Waals surface area contributed by atoms with Gasteiger partial charge < -0.3 is 4.90 Å². The average molecular weight is 235 g/mol. The summed E-state index contributed by atoms with van der Waals surface area (Å²) in [5, 5.41) is 5.73. The third-order valence-corrected chi connectivity index (χ3v) is 2.18. The molecule has 0 aliphatic carbocycles. The van der Waals surface area contributed by atoms with E-state index in [1.54, 1.807) is 0 Å². The van der Waals surface area contributed by atoms with Gasteiger partial charge in [0.15, 0.2) is 5.82 Å². The molecule has 0 amide bonds. The highest BCUT2D eigenvalue weighted by Crippen LogP contribution is 2.29. The van der Waals surface area contributed by atoms with E-state index in [0.717, 1.165) is 32.0 Å². The van der Waals surface area contributed by atoms with Crippen molar-refractivity contribution in [2.75, 3.05) is 18.0 Å². The lowest BCUT2D eigenvalue weighted by molar-refractivity contribution is -0.141. The van der Waals surface area contributed by atoms with Crippen molar-refractivity contribution < 1.29 is 13.2 Å². The largest absolute Gasteiger partial charge is 0.432 e. The zero-order valence-corrected chi connectivity index (χ0v) is 9.43. The van der Waals surface area contributed by atoms with E-state index < -0.39 is 11.9 Å². The number of H-pyrrole nitrogens is 1. The number of alkyl halides is 3. The molecule has 92 valence electrons. The maximum atomic E-state index is 12.3. The van der Waals surface area contributed by atoms with Crippen LogP contribution in [-0.2, 0) is 6.18 Å². The summed E-state index contributed by atoms with van der Waals surface area (Å²) in [4.78, 5) is 1.85. The van der Waals surface area contributed by atoms with Crippen molar-refractivity contribution in [1.29, 1.82) is 0 Å². The van der Waals surface area contributed by atoms with E-state index in [9.17, 15) is 13.2 Å². The minimum absolute atomic E-state index is 0.371. The van der Waals surface area contributed by atoms with Crippen LogP contribution in [-0.4, -0.2) is 23.3 Å². The molecule has 1 heterocycles. The zero-order chi connectivity index (χ0) is 12.2. The Labute approximate surface area is 92.6 Å². The van der Waals surface area contributed by atoms with Crippen LogP contribution in [0, 0.1) is 0 Å². The molecule has 0 aliphatic rings. The number of nitrogens with one attached hydrogen (secondary N) is 1. The molecule has 0 saturated heterocycles. The van der Waals surface area contributed by atoms with E-state index in [-0.39, 0.29) is 0 Å². The predicted molar refractivity (Wildman–Crippen MR) is 56.4 cm³/mol. The smallest absolute Gasteiger partial charge is 0.355 e. The summed E-state index contributed by atoms with van der Waals surface area (Å²) in [6, 6.07) is 1.06.